The Hall–Kier alpha value is -1.82. The van der Waals surface area contributed by atoms with Gasteiger partial charge < -0.3 is 0 Å². The smallest absolute Gasteiger partial charge is 0.258 e. The van der Waals surface area contributed by atoms with Gasteiger partial charge in [0.05, 0.1) is 0 Å². The first-order chi connectivity index (χ1) is 7.75. The molecular weight excluding hydrogens is 272 g/mol. The fourth-order valence-corrected chi connectivity index (χ4v) is 1.45. The van der Waals surface area contributed by atoms with Gasteiger partial charge in [0.2, 0.25) is 5.95 Å². The molecule has 0 saturated carbocycles. The molecule has 0 aliphatic heterocycles. The fraction of sp³-hybridized carbons (Fsp3) is 0. The molecule has 0 bridgehead atoms. The predicted octanol–water partition coefficient (Wildman–Crippen LogP) is 1.89. The molecule has 2 heterocycles. The Labute approximate surface area is 100 Å². The summed E-state index contributed by atoms with van der Waals surface area (Å²) in [4.78, 5) is 23.5. The van der Waals surface area contributed by atoms with Gasteiger partial charge in [0.15, 0.2) is 0 Å². The third kappa shape index (κ3) is 2.60. The molecule has 0 aromatic carbocycles. The van der Waals surface area contributed by atoms with Gasteiger partial charge in [-0.15, -0.1) is 0 Å². The maximum Gasteiger partial charge on any atom is 0.258 e. The van der Waals surface area contributed by atoms with E-state index in [-0.39, 0.29) is 11.9 Å². The SMILES string of the molecule is O=C(Nc1ncccn1)c1ccnc(Br)c1. The zero-order valence-corrected chi connectivity index (χ0v) is 9.68. The van der Waals surface area contributed by atoms with Gasteiger partial charge in [-0.1, -0.05) is 0 Å². The number of hydrogen-bond acceptors (Lipinski definition) is 4. The lowest BCUT2D eigenvalue weighted by Gasteiger charge is -2.02. The molecule has 0 saturated heterocycles. The van der Waals surface area contributed by atoms with Crippen molar-refractivity contribution in [2.45, 2.75) is 0 Å². The standard InChI is InChI=1S/C10H7BrN4O/c11-8-6-7(2-5-12-8)9(16)15-10-13-3-1-4-14-10/h1-6H,(H,13,14,15,16). The number of halogens is 1. The average molecular weight is 279 g/mol. The molecule has 5 nitrogen and oxygen atoms in total. The topological polar surface area (TPSA) is 67.8 Å². The molecule has 0 unspecified atom stereocenters. The van der Waals surface area contributed by atoms with E-state index < -0.39 is 0 Å². The Bertz CT molecular complexity index is 503. The molecule has 0 atom stereocenters. The summed E-state index contributed by atoms with van der Waals surface area (Å²) in [5.41, 5.74) is 0.495. The van der Waals surface area contributed by atoms with Crippen molar-refractivity contribution in [1.29, 1.82) is 0 Å². The van der Waals surface area contributed by atoms with E-state index in [4.69, 9.17) is 0 Å². The van der Waals surface area contributed by atoms with Crippen LogP contribution in [0, 0.1) is 0 Å². The van der Waals surface area contributed by atoms with E-state index >= 15 is 0 Å². The molecule has 2 aromatic rings. The van der Waals surface area contributed by atoms with Gasteiger partial charge in [-0.2, -0.15) is 0 Å². The number of anilines is 1. The van der Waals surface area contributed by atoms with Crippen molar-refractivity contribution < 1.29 is 4.79 Å². The Morgan fingerprint density at radius 1 is 1.19 bits per heavy atom. The van der Waals surface area contributed by atoms with Crippen molar-refractivity contribution >= 4 is 27.8 Å². The number of hydrogen-bond donors (Lipinski definition) is 1. The summed E-state index contributed by atoms with van der Waals surface area (Å²) in [6.07, 6.45) is 4.67. The van der Waals surface area contributed by atoms with Gasteiger partial charge in [0.1, 0.15) is 4.60 Å². The Morgan fingerprint density at radius 2 is 1.94 bits per heavy atom. The van der Waals surface area contributed by atoms with Gasteiger partial charge in [0.25, 0.3) is 5.91 Å². The van der Waals surface area contributed by atoms with Crippen molar-refractivity contribution in [3.8, 4) is 0 Å². The second-order valence-electron chi connectivity index (χ2n) is 2.89. The molecule has 0 aliphatic carbocycles. The van der Waals surface area contributed by atoms with Crippen LogP contribution in [-0.4, -0.2) is 20.9 Å². The van der Waals surface area contributed by atoms with Crippen LogP contribution in [0.4, 0.5) is 5.95 Å². The van der Waals surface area contributed by atoms with Crippen LogP contribution in [-0.2, 0) is 0 Å². The normalized spacial score (nSPS) is 9.81. The summed E-state index contributed by atoms with van der Waals surface area (Å²) in [5.74, 6) is 0.00901. The van der Waals surface area contributed by atoms with E-state index in [1.807, 2.05) is 0 Å². The third-order valence-corrected chi connectivity index (χ3v) is 2.21. The zero-order chi connectivity index (χ0) is 11.4. The quantitative estimate of drug-likeness (QED) is 0.852. The van der Waals surface area contributed by atoms with Crippen LogP contribution in [0.5, 0.6) is 0 Å². The molecule has 2 aromatic heterocycles. The van der Waals surface area contributed by atoms with Crippen LogP contribution in [0.2, 0.25) is 0 Å². The Kier molecular flexibility index (Phi) is 3.21. The van der Waals surface area contributed by atoms with Crippen LogP contribution >= 0.6 is 15.9 Å². The van der Waals surface area contributed by atoms with Crippen molar-refractivity contribution in [2.24, 2.45) is 0 Å². The van der Waals surface area contributed by atoms with E-state index in [1.165, 1.54) is 0 Å². The van der Waals surface area contributed by atoms with Gasteiger partial charge >= 0.3 is 0 Å². The molecule has 16 heavy (non-hydrogen) atoms. The predicted molar refractivity (Wildman–Crippen MR) is 61.9 cm³/mol. The number of aromatic nitrogens is 3. The second kappa shape index (κ2) is 4.80. The van der Waals surface area contributed by atoms with Crippen LogP contribution in [0.25, 0.3) is 0 Å². The number of pyridine rings is 1. The Balaban J connectivity index is 2.15. The average Bonchev–Trinajstić information content (AvgIpc) is 2.30. The first-order valence-electron chi connectivity index (χ1n) is 4.45. The molecule has 2 rings (SSSR count). The first-order valence-corrected chi connectivity index (χ1v) is 5.25. The monoisotopic (exact) mass is 278 g/mol. The molecular formula is C10H7BrN4O. The first kappa shape index (κ1) is 10.7. The molecule has 80 valence electrons. The van der Waals surface area contributed by atoms with Crippen molar-refractivity contribution in [3.05, 3.63) is 47.0 Å². The number of nitrogens with one attached hydrogen (secondary N) is 1. The minimum Gasteiger partial charge on any atom is -0.290 e. The number of carbonyl (C=O) groups is 1. The number of carbonyl (C=O) groups excluding carboxylic acids is 1. The minimum absolute atomic E-state index is 0.269. The van der Waals surface area contributed by atoms with Crippen LogP contribution in [0.1, 0.15) is 10.4 Å². The van der Waals surface area contributed by atoms with Crippen molar-refractivity contribution in [1.82, 2.24) is 15.0 Å². The van der Waals surface area contributed by atoms with E-state index in [0.717, 1.165) is 0 Å². The summed E-state index contributed by atoms with van der Waals surface area (Å²) in [7, 11) is 0. The molecule has 0 fully saturated rings. The summed E-state index contributed by atoms with van der Waals surface area (Å²) in [6.45, 7) is 0. The van der Waals surface area contributed by atoms with E-state index in [1.54, 1.807) is 36.8 Å². The van der Waals surface area contributed by atoms with E-state index in [0.29, 0.717) is 10.2 Å². The van der Waals surface area contributed by atoms with E-state index in [2.05, 4.69) is 36.2 Å². The van der Waals surface area contributed by atoms with Crippen LogP contribution < -0.4 is 5.32 Å². The maximum absolute atomic E-state index is 11.7. The summed E-state index contributed by atoms with van der Waals surface area (Å²) < 4.78 is 0.606. The highest BCUT2D eigenvalue weighted by molar-refractivity contribution is 9.10. The largest absolute Gasteiger partial charge is 0.290 e. The highest BCUT2D eigenvalue weighted by Crippen LogP contribution is 2.09. The fourth-order valence-electron chi connectivity index (χ4n) is 1.08. The van der Waals surface area contributed by atoms with Crippen LogP contribution in [0.15, 0.2) is 41.4 Å². The molecule has 0 spiro atoms. The lowest BCUT2D eigenvalue weighted by atomic mass is 10.2. The molecule has 0 radical (unpaired) electrons. The van der Waals surface area contributed by atoms with Gasteiger partial charge in [-0.3, -0.25) is 10.1 Å². The highest BCUT2D eigenvalue weighted by atomic mass is 79.9. The third-order valence-electron chi connectivity index (χ3n) is 1.78. The second-order valence-corrected chi connectivity index (χ2v) is 3.71. The lowest BCUT2D eigenvalue weighted by molar-refractivity contribution is 0.102. The summed E-state index contributed by atoms with van der Waals surface area (Å²) in [5, 5.41) is 2.58. The van der Waals surface area contributed by atoms with Gasteiger partial charge in [0, 0.05) is 24.2 Å². The van der Waals surface area contributed by atoms with Crippen molar-refractivity contribution in [3.63, 3.8) is 0 Å². The summed E-state index contributed by atoms with van der Waals surface area (Å²) in [6, 6.07) is 4.92. The van der Waals surface area contributed by atoms with Crippen LogP contribution in [0.3, 0.4) is 0 Å². The lowest BCUT2D eigenvalue weighted by Crippen LogP contribution is -2.13. The maximum atomic E-state index is 11.7. The highest BCUT2D eigenvalue weighted by Gasteiger charge is 2.07. The zero-order valence-electron chi connectivity index (χ0n) is 8.09. The summed E-state index contributed by atoms with van der Waals surface area (Å²) >= 11 is 3.19. The number of rotatable bonds is 2. The molecule has 1 N–H and O–H groups in total. The minimum atomic E-state index is -0.269. The number of nitrogens with zero attached hydrogens (tertiary/aromatic N) is 3. The Morgan fingerprint density at radius 3 is 2.62 bits per heavy atom. The number of amides is 1. The van der Waals surface area contributed by atoms with Crippen molar-refractivity contribution in [2.75, 3.05) is 5.32 Å². The molecule has 0 aliphatic rings. The van der Waals surface area contributed by atoms with Gasteiger partial charge in [-0.25, -0.2) is 15.0 Å². The van der Waals surface area contributed by atoms with Gasteiger partial charge in [-0.05, 0) is 34.1 Å². The van der Waals surface area contributed by atoms with E-state index in [9.17, 15) is 4.79 Å². The molecule has 6 heteroatoms. The molecule has 1 amide bonds.